The SMILES string of the molecule is CSc1nc(-c2cccs2)nc(C)c1C(=O)OCC(=O)Nc1cc(C)on1. The van der Waals surface area contributed by atoms with Gasteiger partial charge in [-0.2, -0.15) is 0 Å². The molecule has 0 bridgehead atoms. The lowest BCUT2D eigenvalue weighted by Crippen LogP contribution is -2.22. The van der Waals surface area contributed by atoms with E-state index in [2.05, 4.69) is 20.4 Å². The Morgan fingerprint density at radius 2 is 2.15 bits per heavy atom. The molecule has 0 aliphatic heterocycles. The maximum Gasteiger partial charge on any atom is 0.343 e. The Bertz CT molecular complexity index is 969. The third kappa shape index (κ3) is 4.52. The third-order valence-corrected chi connectivity index (χ3v) is 4.97. The fourth-order valence-corrected chi connectivity index (χ4v) is 3.52. The summed E-state index contributed by atoms with van der Waals surface area (Å²) in [7, 11) is 0. The lowest BCUT2D eigenvalue weighted by molar-refractivity contribution is -0.119. The molecule has 10 heteroatoms. The normalized spacial score (nSPS) is 10.6. The predicted octanol–water partition coefficient (Wildman–Crippen LogP) is 3.33. The average molecular weight is 404 g/mol. The minimum Gasteiger partial charge on any atom is -0.452 e. The number of hydrogen-bond acceptors (Lipinski definition) is 9. The van der Waals surface area contributed by atoms with E-state index in [1.807, 2.05) is 23.8 Å². The van der Waals surface area contributed by atoms with Gasteiger partial charge in [-0.15, -0.1) is 23.1 Å². The van der Waals surface area contributed by atoms with Gasteiger partial charge in [0.05, 0.1) is 10.6 Å². The third-order valence-electron chi connectivity index (χ3n) is 3.43. The molecule has 1 N–H and O–H groups in total. The predicted molar refractivity (Wildman–Crippen MR) is 102 cm³/mol. The van der Waals surface area contributed by atoms with Crippen molar-refractivity contribution in [2.24, 2.45) is 0 Å². The molecule has 3 aromatic heterocycles. The van der Waals surface area contributed by atoms with Gasteiger partial charge in [0.15, 0.2) is 18.2 Å². The van der Waals surface area contributed by atoms with Gasteiger partial charge in [0.25, 0.3) is 5.91 Å². The van der Waals surface area contributed by atoms with Gasteiger partial charge in [0.1, 0.15) is 16.3 Å². The first kappa shape index (κ1) is 19.1. The van der Waals surface area contributed by atoms with Crippen LogP contribution in [0.3, 0.4) is 0 Å². The molecule has 0 aliphatic rings. The second-order valence-corrected chi connectivity index (χ2v) is 7.18. The summed E-state index contributed by atoms with van der Waals surface area (Å²) >= 11 is 2.84. The fraction of sp³-hybridized carbons (Fsp3) is 0.235. The number of ether oxygens (including phenoxy) is 1. The smallest absolute Gasteiger partial charge is 0.343 e. The van der Waals surface area contributed by atoms with Crippen LogP contribution in [0.25, 0.3) is 10.7 Å². The number of carbonyl (C=O) groups excluding carboxylic acids is 2. The number of aromatic nitrogens is 3. The second-order valence-electron chi connectivity index (χ2n) is 5.44. The lowest BCUT2D eigenvalue weighted by Gasteiger charge is -2.11. The summed E-state index contributed by atoms with van der Waals surface area (Å²) in [5, 5.41) is 8.57. The minimum atomic E-state index is -0.652. The van der Waals surface area contributed by atoms with Crippen molar-refractivity contribution in [1.82, 2.24) is 15.1 Å². The Morgan fingerprint density at radius 1 is 1.33 bits per heavy atom. The van der Waals surface area contributed by atoms with Gasteiger partial charge in [-0.05, 0) is 31.5 Å². The summed E-state index contributed by atoms with van der Waals surface area (Å²) in [5.74, 6) is 0.211. The van der Waals surface area contributed by atoms with E-state index in [-0.39, 0.29) is 11.4 Å². The van der Waals surface area contributed by atoms with Gasteiger partial charge in [0.2, 0.25) is 0 Å². The Morgan fingerprint density at radius 3 is 2.78 bits per heavy atom. The average Bonchev–Trinajstić information content (AvgIpc) is 3.31. The van der Waals surface area contributed by atoms with Gasteiger partial charge in [-0.3, -0.25) is 4.79 Å². The zero-order chi connectivity index (χ0) is 19.4. The molecule has 1 amide bonds. The summed E-state index contributed by atoms with van der Waals surface area (Å²) < 4.78 is 9.98. The summed E-state index contributed by atoms with van der Waals surface area (Å²) in [4.78, 5) is 34.1. The van der Waals surface area contributed by atoms with Crippen LogP contribution in [0.4, 0.5) is 5.82 Å². The highest BCUT2D eigenvalue weighted by Gasteiger charge is 2.21. The van der Waals surface area contributed by atoms with Crippen molar-refractivity contribution in [2.45, 2.75) is 18.9 Å². The molecule has 0 unspecified atom stereocenters. The highest BCUT2D eigenvalue weighted by atomic mass is 32.2. The number of nitrogens with zero attached hydrogens (tertiary/aromatic N) is 3. The number of hydrogen-bond donors (Lipinski definition) is 1. The number of esters is 1. The number of rotatable bonds is 6. The van der Waals surface area contributed by atoms with Crippen LogP contribution in [0, 0.1) is 13.8 Å². The molecule has 140 valence electrons. The van der Waals surface area contributed by atoms with Gasteiger partial charge in [-0.25, -0.2) is 14.8 Å². The van der Waals surface area contributed by atoms with E-state index in [0.717, 1.165) is 4.88 Å². The first-order valence-electron chi connectivity index (χ1n) is 7.84. The number of amides is 1. The van der Waals surface area contributed by atoms with Crippen LogP contribution >= 0.6 is 23.1 Å². The van der Waals surface area contributed by atoms with Crippen LogP contribution in [0.15, 0.2) is 33.1 Å². The molecule has 0 fully saturated rings. The van der Waals surface area contributed by atoms with E-state index in [0.29, 0.717) is 22.3 Å². The summed E-state index contributed by atoms with van der Waals surface area (Å²) in [6.45, 7) is 2.97. The van der Waals surface area contributed by atoms with Crippen LogP contribution in [0.5, 0.6) is 0 Å². The van der Waals surface area contributed by atoms with Gasteiger partial charge >= 0.3 is 5.97 Å². The fourth-order valence-electron chi connectivity index (χ4n) is 2.25. The molecule has 0 saturated carbocycles. The number of thiophene rings is 1. The Labute approximate surface area is 163 Å². The van der Waals surface area contributed by atoms with Crippen LogP contribution < -0.4 is 5.32 Å². The van der Waals surface area contributed by atoms with Gasteiger partial charge in [-0.1, -0.05) is 11.2 Å². The first-order valence-corrected chi connectivity index (χ1v) is 9.95. The molecular weight excluding hydrogens is 388 g/mol. The van der Waals surface area contributed by atoms with Crippen molar-refractivity contribution in [3.05, 3.63) is 40.6 Å². The molecule has 3 rings (SSSR count). The summed E-state index contributed by atoms with van der Waals surface area (Å²) in [6.07, 6.45) is 1.82. The Kier molecular flexibility index (Phi) is 5.87. The van der Waals surface area contributed by atoms with E-state index < -0.39 is 18.5 Å². The maximum atomic E-state index is 12.5. The number of nitrogens with one attached hydrogen (secondary N) is 1. The lowest BCUT2D eigenvalue weighted by atomic mass is 10.2. The Balaban J connectivity index is 1.71. The molecule has 3 aromatic rings. The van der Waals surface area contributed by atoms with E-state index in [1.54, 1.807) is 19.9 Å². The largest absolute Gasteiger partial charge is 0.452 e. The molecule has 0 spiro atoms. The van der Waals surface area contributed by atoms with Crippen LogP contribution in [0.1, 0.15) is 21.8 Å². The monoisotopic (exact) mass is 404 g/mol. The molecule has 0 saturated heterocycles. The number of carbonyl (C=O) groups is 2. The number of anilines is 1. The zero-order valence-corrected chi connectivity index (χ0v) is 16.4. The van der Waals surface area contributed by atoms with E-state index in [1.165, 1.54) is 23.1 Å². The molecule has 0 aliphatic carbocycles. The molecular formula is C17H16N4O4S2. The van der Waals surface area contributed by atoms with Crippen molar-refractivity contribution in [2.75, 3.05) is 18.2 Å². The van der Waals surface area contributed by atoms with Crippen molar-refractivity contribution in [3.63, 3.8) is 0 Å². The van der Waals surface area contributed by atoms with E-state index in [4.69, 9.17) is 9.26 Å². The van der Waals surface area contributed by atoms with Crippen molar-refractivity contribution < 1.29 is 18.8 Å². The maximum absolute atomic E-state index is 12.5. The molecule has 8 nitrogen and oxygen atoms in total. The first-order chi connectivity index (χ1) is 13.0. The van der Waals surface area contributed by atoms with Crippen LogP contribution in [-0.4, -0.2) is 39.9 Å². The molecule has 0 radical (unpaired) electrons. The van der Waals surface area contributed by atoms with Crippen LogP contribution in [-0.2, 0) is 9.53 Å². The highest BCUT2D eigenvalue weighted by Crippen LogP contribution is 2.27. The van der Waals surface area contributed by atoms with Crippen molar-refractivity contribution >= 4 is 40.8 Å². The standard InChI is InChI=1S/C17H16N4O4S2/c1-9-7-12(21-25-9)19-13(22)8-24-17(23)14-10(2)18-15(20-16(14)26-3)11-5-4-6-27-11/h4-7H,8H2,1-3H3,(H,19,21,22). The zero-order valence-electron chi connectivity index (χ0n) is 14.8. The summed E-state index contributed by atoms with van der Waals surface area (Å²) in [5.41, 5.74) is 0.753. The van der Waals surface area contributed by atoms with Gasteiger partial charge < -0.3 is 14.6 Å². The topological polar surface area (TPSA) is 107 Å². The second kappa shape index (κ2) is 8.31. The van der Waals surface area contributed by atoms with Gasteiger partial charge in [0, 0.05) is 6.07 Å². The van der Waals surface area contributed by atoms with E-state index >= 15 is 0 Å². The number of thioether (sulfide) groups is 1. The number of aryl methyl sites for hydroxylation is 2. The molecule has 3 heterocycles. The van der Waals surface area contributed by atoms with E-state index in [9.17, 15) is 9.59 Å². The van der Waals surface area contributed by atoms with Crippen LogP contribution in [0.2, 0.25) is 0 Å². The molecule has 0 atom stereocenters. The van der Waals surface area contributed by atoms with Crippen molar-refractivity contribution in [3.8, 4) is 10.7 Å². The highest BCUT2D eigenvalue weighted by molar-refractivity contribution is 7.98. The summed E-state index contributed by atoms with van der Waals surface area (Å²) in [6, 6.07) is 5.39. The van der Waals surface area contributed by atoms with Crippen molar-refractivity contribution in [1.29, 1.82) is 0 Å². The Hall–Kier alpha value is -2.72. The quantitative estimate of drug-likeness (QED) is 0.379. The molecule has 27 heavy (non-hydrogen) atoms. The molecule has 0 aromatic carbocycles. The minimum absolute atomic E-state index is 0.257.